The average Bonchev–Trinajstić information content (AvgIpc) is 2.96. The number of aliphatic imine (C=N–C) groups is 1. The highest BCUT2D eigenvalue weighted by Crippen LogP contribution is 2.33. The van der Waals surface area contributed by atoms with Crippen LogP contribution in [0.5, 0.6) is 0 Å². The Kier molecular flexibility index (Phi) is 5.69. The van der Waals surface area contributed by atoms with Gasteiger partial charge in [0.05, 0.1) is 48.3 Å². The van der Waals surface area contributed by atoms with E-state index < -0.39 is 4.92 Å². The summed E-state index contributed by atoms with van der Waals surface area (Å²) >= 11 is 6.47. The number of nitro groups is 1. The van der Waals surface area contributed by atoms with Crippen molar-refractivity contribution in [3.05, 3.63) is 68.7 Å². The van der Waals surface area contributed by atoms with Crippen molar-refractivity contribution in [2.75, 3.05) is 50.8 Å². The van der Waals surface area contributed by atoms with E-state index in [-0.39, 0.29) is 5.69 Å². The van der Waals surface area contributed by atoms with E-state index in [9.17, 15) is 10.1 Å². The molecule has 9 nitrogen and oxygen atoms in total. The van der Waals surface area contributed by atoms with Gasteiger partial charge in [-0.1, -0.05) is 29.8 Å². The van der Waals surface area contributed by atoms with E-state index >= 15 is 0 Å². The molecule has 1 saturated heterocycles. The first-order valence-electron chi connectivity index (χ1n) is 10.4. The molecule has 1 fully saturated rings. The van der Waals surface area contributed by atoms with Crippen LogP contribution in [0.1, 0.15) is 11.1 Å². The molecule has 0 spiro atoms. The van der Waals surface area contributed by atoms with Gasteiger partial charge in [0.2, 0.25) is 0 Å². The Morgan fingerprint density at radius 3 is 2.69 bits per heavy atom. The lowest BCUT2D eigenvalue weighted by atomic mass is 9.99. The standard InChI is InChI=1S/C22H21ClN6O3/c23-19-4-2-1-3-17(19)22-18-11-16(29(30)31)5-6-20(18)28-14-15(25-26-21(28)12-24-22)13-27-7-9-32-10-8-27/h1-6,11H,7-10,12-14H2. The number of benzene rings is 2. The first-order chi connectivity index (χ1) is 15.6. The maximum Gasteiger partial charge on any atom is 0.270 e. The predicted molar refractivity (Wildman–Crippen MR) is 125 cm³/mol. The number of anilines is 1. The molecule has 0 N–H and O–H groups in total. The van der Waals surface area contributed by atoms with E-state index in [1.807, 2.05) is 18.2 Å². The summed E-state index contributed by atoms with van der Waals surface area (Å²) in [4.78, 5) is 20.2. The second-order valence-corrected chi connectivity index (χ2v) is 8.17. The third kappa shape index (κ3) is 4.02. The van der Waals surface area contributed by atoms with Gasteiger partial charge in [-0.05, 0) is 12.1 Å². The number of hydrogen-bond donors (Lipinski definition) is 0. The second kappa shape index (κ2) is 8.78. The van der Waals surface area contributed by atoms with Crippen LogP contribution in [-0.2, 0) is 4.74 Å². The predicted octanol–water partition coefficient (Wildman–Crippen LogP) is 3.01. The third-order valence-electron chi connectivity index (χ3n) is 5.71. The van der Waals surface area contributed by atoms with Gasteiger partial charge in [0.25, 0.3) is 5.69 Å². The van der Waals surface area contributed by atoms with E-state index in [0.717, 1.165) is 30.1 Å². The second-order valence-electron chi connectivity index (χ2n) is 7.76. The van der Waals surface area contributed by atoms with Crippen molar-refractivity contribution in [3.8, 4) is 0 Å². The summed E-state index contributed by atoms with van der Waals surface area (Å²) in [5, 5.41) is 21.0. The van der Waals surface area contributed by atoms with Crippen LogP contribution >= 0.6 is 11.6 Å². The van der Waals surface area contributed by atoms with Crippen LogP contribution in [0.25, 0.3) is 0 Å². The molecule has 32 heavy (non-hydrogen) atoms. The Bertz CT molecular complexity index is 1160. The van der Waals surface area contributed by atoms with Crippen LogP contribution in [0.4, 0.5) is 11.4 Å². The molecule has 164 valence electrons. The van der Waals surface area contributed by atoms with Gasteiger partial charge in [0.15, 0.2) is 5.84 Å². The van der Waals surface area contributed by atoms with Crippen molar-refractivity contribution in [2.24, 2.45) is 15.2 Å². The fraction of sp³-hybridized carbons (Fsp3) is 0.318. The SMILES string of the molecule is O=[N+]([O-])c1ccc2c(c1)C(c1ccccc1Cl)=NCC1=NN=C(CN3CCOCC3)CN12. The van der Waals surface area contributed by atoms with Gasteiger partial charge >= 0.3 is 0 Å². The first kappa shape index (κ1) is 20.7. The molecule has 0 aromatic heterocycles. The van der Waals surface area contributed by atoms with Gasteiger partial charge in [0, 0.05) is 47.9 Å². The summed E-state index contributed by atoms with van der Waals surface area (Å²) in [6.07, 6.45) is 0. The smallest absolute Gasteiger partial charge is 0.270 e. The van der Waals surface area contributed by atoms with Crippen molar-refractivity contribution in [2.45, 2.75) is 0 Å². The Hall–Kier alpha value is -3.14. The molecule has 0 amide bonds. The summed E-state index contributed by atoms with van der Waals surface area (Å²) in [5.74, 6) is 0.702. The van der Waals surface area contributed by atoms with E-state index in [0.29, 0.717) is 55.0 Å². The van der Waals surface area contributed by atoms with Crippen LogP contribution in [0.15, 0.2) is 57.7 Å². The van der Waals surface area contributed by atoms with Crippen molar-refractivity contribution in [3.63, 3.8) is 0 Å². The quantitative estimate of drug-likeness (QED) is 0.525. The summed E-state index contributed by atoms with van der Waals surface area (Å²) in [5.41, 5.74) is 3.74. The summed E-state index contributed by atoms with van der Waals surface area (Å²) in [6, 6.07) is 12.2. The molecule has 2 aromatic carbocycles. The molecule has 0 aliphatic carbocycles. The zero-order valence-corrected chi connectivity index (χ0v) is 18.0. The van der Waals surface area contributed by atoms with Gasteiger partial charge in [-0.3, -0.25) is 20.0 Å². The number of amidine groups is 1. The lowest BCUT2D eigenvalue weighted by Crippen LogP contribution is -2.46. The lowest BCUT2D eigenvalue weighted by Gasteiger charge is -2.31. The highest BCUT2D eigenvalue weighted by molar-refractivity contribution is 6.36. The lowest BCUT2D eigenvalue weighted by molar-refractivity contribution is -0.384. The molecule has 3 aliphatic heterocycles. The molecule has 5 rings (SSSR count). The van der Waals surface area contributed by atoms with Gasteiger partial charge < -0.3 is 9.64 Å². The number of ether oxygens (including phenoxy) is 1. The molecule has 10 heteroatoms. The molecule has 3 heterocycles. The molecule has 0 atom stereocenters. The van der Waals surface area contributed by atoms with Gasteiger partial charge in [-0.2, -0.15) is 5.10 Å². The Labute approximate surface area is 189 Å². The fourth-order valence-electron chi connectivity index (χ4n) is 4.11. The maximum atomic E-state index is 11.5. The van der Waals surface area contributed by atoms with Gasteiger partial charge in [-0.15, -0.1) is 5.10 Å². The van der Waals surface area contributed by atoms with Crippen molar-refractivity contribution < 1.29 is 9.66 Å². The number of morpholine rings is 1. The molecular formula is C22H21ClN6O3. The van der Waals surface area contributed by atoms with Crippen LogP contribution in [-0.4, -0.2) is 73.0 Å². The highest BCUT2D eigenvalue weighted by Gasteiger charge is 2.30. The zero-order chi connectivity index (χ0) is 22.1. The van der Waals surface area contributed by atoms with Crippen LogP contribution in [0.2, 0.25) is 5.02 Å². The normalized spacial score (nSPS) is 18.7. The number of nitro benzene ring substituents is 1. The molecule has 0 radical (unpaired) electrons. The summed E-state index contributed by atoms with van der Waals surface area (Å²) in [6.45, 7) is 4.71. The van der Waals surface area contributed by atoms with E-state index in [1.165, 1.54) is 6.07 Å². The third-order valence-corrected chi connectivity index (χ3v) is 6.04. The Morgan fingerprint density at radius 2 is 1.91 bits per heavy atom. The van der Waals surface area contributed by atoms with Crippen molar-refractivity contribution in [1.82, 2.24) is 4.90 Å². The van der Waals surface area contributed by atoms with Crippen molar-refractivity contribution >= 4 is 40.2 Å². The van der Waals surface area contributed by atoms with Crippen LogP contribution < -0.4 is 4.90 Å². The summed E-state index contributed by atoms with van der Waals surface area (Å²) in [7, 11) is 0. The minimum Gasteiger partial charge on any atom is -0.379 e. The minimum atomic E-state index is -0.397. The first-order valence-corrected chi connectivity index (χ1v) is 10.8. The number of rotatable bonds is 4. The van der Waals surface area contributed by atoms with Gasteiger partial charge in [-0.25, -0.2) is 0 Å². The van der Waals surface area contributed by atoms with Crippen molar-refractivity contribution in [1.29, 1.82) is 0 Å². The number of hydrogen-bond acceptors (Lipinski definition) is 8. The summed E-state index contributed by atoms with van der Waals surface area (Å²) < 4.78 is 5.43. The van der Waals surface area contributed by atoms with E-state index in [4.69, 9.17) is 21.3 Å². The van der Waals surface area contributed by atoms with Gasteiger partial charge in [0.1, 0.15) is 0 Å². The molecule has 0 unspecified atom stereocenters. The molecular weight excluding hydrogens is 432 g/mol. The Balaban J connectivity index is 1.55. The van der Waals surface area contributed by atoms with Crippen LogP contribution in [0, 0.1) is 10.1 Å². The Morgan fingerprint density at radius 1 is 1.09 bits per heavy atom. The number of halogens is 1. The van der Waals surface area contributed by atoms with E-state index in [1.54, 1.807) is 18.2 Å². The number of nitrogens with zero attached hydrogens (tertiary/aromatic N) is 6. The average molecular weight is 453 g/mol. The minimum absolute atomic E-state index is 0.00288. The highest BCUT2D eigenvalue weighted by atomic mass is 35.5. The van der Waals surface area contributed by atoms with Crippen LogP contribution in [0.3, 0.4) is 0 Å². The molecule has 3 aliphatic rings. The zero-order valence-electron chi connectivity index (χ0n) is 17.3. The topological polar surface area (TPSA) is 95.9 Å². The maximum absolute atomic E-state index is 11.5. The molecule has 0 saturated carbocycles. The molecule has 0 bridgehead atoms. The number of non-ortho nitro benzene ring substituents is 1. The largest absolute Gasteiger partial charge is 0.379 e. The monoisotopic (exact) mass is 452 g/mol. The fourth-order valence-corrected chi connectivity index (χ4v) is 4.33. The molecule has 2 aromatic rings. The van der Waals surface area contributed by atoms with E-state index in [2.05, 4.69) is 20.0 Å². The number of fused-ring (bicyclic) bond motifs is 3.